The van der Waals surface area contributed by atoms with Crippen molar-refractivity contribution >= 4 is 11.6 Å². The molecule has 1 heterocycles. The van der Waals surface area contributed by atoms with Gasteiger partial charge in [0.2, 0.25) is 0 Å². The summed E-state index contributed by atoms with van der Waals surface area (Å²) in [6, 6.07) is 5.46. The molecular weight excluding hydrogens is 240 g/mol. The van der Waals surface area contributed by atoms with E-state index in [4.69, 9.17) is 5.73 Å². The van der Waals surface area contributed by atoms with Gasteiger partial charge in [-0.15, -0.1) is 0 Å². The lowest BCUT2D eigenvalue weighted by Crippen LogP contribution is -2.26. The number of hydrogen-bond donors (Lipinski definition) is 2. The minimum Gasteiger partial charge on any atom is -0.398 e. The molecule has 0 radical (unpaired) electrons. The predicted molar refractivity (Wildman–Crippen MR) is 74.8 cm³/mol. The first kappa shape index (κ1) is 13.1. The van der Waals surface area contributed by atoms with Crippen molar-refractivity contribution in [2.45, 2.75) is 13.3 Å². The summed E-state index contributed by atoms with van der Waals surface area (Å²) in [6.07, 6.45) is 4.49. The van der Waals surface area contributed by atoms with Crippen molar-refractivity contribution in [1.29, 1.82) is 0 Å². The molecule has 1 amide bonds. The monoisotopic (exact) mass is 258 g/mol. The number of nitrogens with one attached hydrogen (secondary N) is 1. The van der Waals surface area contributed by atoms with Crippen LogP contribution in [-0.4, -0.2) is 22.2 Å². The summed E-state index contributed by atoms with van der Waals surface area (Å²) in [7, 11) is 1.87. The van der Waals surface area contributed by atoms with E-state index < -0.39 is 0 Å². The van der Waals surface area contributed by atoms with E-state index in [2.05, 4.69) is 10.4 Å². The Bertz CT molecular complexity index is 589. The van der Waals surface area contributed by atoms with Crippen LogP contribution in [0.1, 0.15) is 21.5 Å². The van der Waals surface area contributed by atoms with Gasteiger partial charge in [-0.05, 0) is 30.5 Å². The molecule has 2 aromatic rings. The lowest BCUT2D eigenvalue weighted by molar-refractivity contribution is 0.0955. The number of aromatic nitrogens is 2. The molecule has 0 aliphatic rings. The van der Waals surface area contributed by atoms with Gasteiger partial charge >= 0.3 is 0 Å². The van der Waals surface area contributed by atoms with Crippen LogP contribution >= 0.6 is 0 Å². The number of rotatable bonds is 4. The predicted octanol–water partition coefficient (Wildman–Crippen LogP) is 1.28. The first-order valence-electron chi connectivity index (χ1n) is 6.18. The summed E-state index contributed by atoms with van der Waals surface area (Å²) in [6.45, 7) is 2.46. The number of nitrogen functional groups attached to an aromatic ring is 1. The van der Waals surface area contributed by atoms with Crippen molar-refractivity contribution in [3.05, 3.63) is 47.3 Å². The Hall–Kier alpha value is -2.30. The number of amides is 1. The van der Waals surface area contributed by atoms with E-state index in [0.717, 1.165) is 17.5 Å². The average Bonchev–Trinajstić information content (AvgIpc) is 2.78. The summed E-state index contributed by atoms with van der Waals surface area (Å²) in [4.78, 5) is 12.0. The van der Waals surface area contributed by atoms with Crippen LogP contribution in [0, 0.1) is 6.92 Å². The zero-order valence-corrected chi connectivity index (χ0v) is 11.2. The molecule has 1 aromatic carbocycles. The van der Waals surface area contributed by atoms with Gasteiger partial charge in [-0.1, -0.05) is 12.1 Å². The van der Waals surface area contributed by atoms with Crippen molar-refractivity contribution in [1.82, 2.24) is 15.1 Å². The highest BCUT2D eigenvalue weighted by Gasteiger charge is 2.10. The van der Waals surface area contributed by atoms with Gasteiger partial charge in [0.25, 0.3) is 5.91 Å². The Morgan fingerprint density at radius 2 is 2.26 bits per heavy atom. The van der Waals surface area contributed by atoms with Crippen molar-refractivity contribution in [3.8, 4) is 0 Å². The first-order chi connectivity index (χ1) is 9.08. The topological polar surface area (TPSA) is 72.9 Å². The van der Waals surface area contributed by atoms with Crippen LogP contribution in [0.2, 0.25) is 0 Å². The lowest BCUT2D eigenvalue weighted by Gasteiger charge is -2.08. The zero-order chi connectivity index (χ0) is 13.8. The Kier molecular flexibility index (Phi) is 3.85. The quantitative estimate of drug-likeness (QED) is 0.811. The fourth-order valence-electron chi connectivity index (χ4n) is 1.90. The average molecular weight is 258 g/mol. The summed E-state index contributed by atoms with van der Waals surface area (Å²) >= 11 is 0. The molecule has 0 aliphatic heterocycles. The van der Waals surface area contributed by atoms with Crippen LogP contribution in [0.25, 0.3) is 0 Å². The summed E-state index contributed by atoms with van der Waals surface area (Å²) in [5, 5.41) is 6.95. The number of aryl methyl sites for hydroxylation is 2. The van der Waals surface area contributed by atoms with Gasteiger partial charge in [0.1, 0.15) is 0 Å². The van der Waals surface area contributed by atoms with Gasteiger partial charge in [0.15, 0.2) is 0 Å². The number of hydrogen-bond acceptors (Lipinski definition) is 3. The van der Waals surface area contributed by atoms with Crippen LogP contribution in [0.4, 0.5) is 5.69 Å². The molecule has 0 saturated heterocycles. The molecule has 0 aliphatic carbocycles. The fraction of sp³-hybridized carbons (Fsp3) is 0.286. The van der Waals surface area contributed by atoms with Gasteiger partial charge in [0.05, 0.1) is 11.8 Å². The third-order valence-corrected chi connectivity index (χ3v) is 3.03. The Balaban J connectivity index is 1.93. The third kappa shape index (κ3) is 3.13. The standard InChI is InChI=1S/C14H18N4O/c1-10-4-3-5-12(13(10)15)14(19)16-7-6-11-8-17-18(2)9-11/h3-5,8-9H,6-7,15H2,1-2H3,(H,16,19). The van der Waals surface area contributed by atoms with E-state index in [1.54, 1.807) is 16.9 Å². The largest absolute Gasteiger partial charge is 0.398 e. The molecule has 5 nitrogen and oxygen atoms in total. The van der Waals surface area contributed by atoms with Crippen LogP contribution in [0.5, 0.6) is 0 Å². The summed E-state index contributed by atoms with van der Waals surface area (Å²) < 4.78 is 1.75. The molecule has 5 heteroatoms. The van der Waals surface area contributed by atoms with E-state index in [1.165, 1.54) is 0 Å². The first-order valence-corrected chi connectivity index (χ1v) is 6.18. The second-order valence-electron chi connectivity index (χ2n) is 4.56. The maximum Gasteiger partial charge on any atom is 0.253 e. The van der Waals surface area contributed by atoms with E-state index >= 15 is 0 Å². The maximum absolute atomic E-state index is 12.0. The number of anilines is 1. The smallest absolute Gasteiger partial charge is 0.253 e. The second kappa shape index (κ2) is 5.56. The van der Waals surface area contributed by atoms with Gasteiger partial charge in [-0.25, -0.2) is 0 Å². The number of nitrogens with two attached hydrogens (primary N) is 1. The normalized spacial score (nSPS) is 10.4. The molecule has 3 N–H and O–H groups in total. The van der Waals surface area contributed by atoms with E-state index in [-0.39, 0.29) is 5.91 Å². The zero-order valence-electron chi connectivity index (χ0n) is 11.2. The maximum atomic E-state index is 12.0. The van der Waals surface area contributed by atoms with Gasteiger partial charge in [-0.2, -0.15) is 5.10 Å². The van der Waals surface area contributed by atoms with Crippen LogP contribution in [-0.2, 0) is 13.5 Å². The molecule has 0 bridgehead atoms. The van der Waals surface area contributed by atoms with Crippen molar-refractivity contribution in [3.63, 3.8) is 0 Å². The molecule has 0 saturated carbocycles. The van der Waals surface area contributed by atoms with Gasteiger partial charge in [0, 0.05) is 25.5 Å². The molecule has 2 rings (SSSR count). The summed E-state index contributed by atoms with van der Waals surface area (Å²) in [5.74, 6) is -0.134. The highest BCUT2D eigenvalue weighted by Crippen LogP contribution is 2.15. The van der Waals surface area contributed by atoms with E-state index in [9.17, 15) is 4.79 Å². The number of benzene rings is 1. The molecule has 0 atom stereocenters. The number of para-hydroxylation sites is 1. The van der Waals surface area contributed by atoms with Gasteiger partial charge < -0.3 is 11.1 Å². The number of carbonyl (C=O) groups excluding carboxylic acids is 1. The Morgan fingerprint density at radius 1 is 1.47 bits per heavy atom. The van der Waals surface area contributed by atoms with Crippen LogP contribution < -0.4 is 11.1 Å². The Morgan fingerprint density at radius 3 is 2.95 bits per heavy atom. The molecule has 1 aromatic heterocycles. The van der Waals surface area contributed by atoms with Crippen LogP contribution in [0.15, 0.2) is 30.6 Å². The molecule has 100 valence electrons. The van der Waals surface area contributed by atoms with Crippen molar-refractivity contribution in [2.24, 2.45) is 7.05 Å². The number of carbonyl (C=O) groups is 1. The molecule has 0 spiro atoms. The molecular formula is C14H18N4O. The summed E-state index contributed by atoms with van der Waals surface area (Å²) in [5.41, 5.74) is 8.99. The van der Waals surface area contributed by atoms with E-state index in [1.807, 2.05) is 32.3 Å². The molecule has 0 unspecified atom stereocenters. The minimum absolute atomic E-state index is 0.134. The highest BCUT2D eigenvalue weighted by molar-refractivity contribution is 5.99. The number of nitrogens with zero attached hydrogens (tertiary/aromatic N) is 2. The van der Waals surface area contributed by atoms with Crippen molar-refractivity contribution < 1.29 is 4.79 Å². The van der Waals surface area contributed by atoms with E-state index in [0.29, 0.717) is 17.8 Å². The van der Waals surface area contributed by atoms with Gasteiger partial charge in [-0.3, -0.25) is 9.48 Å². The van der Waals surface area contributed by atoms with Crippen LogP contribution in [0.3, 0.4) is 0 Å². The Labute approximate surface area is 112 Å². The molecule has 19 heavy (non-hydrogen) atoms. The highest BCUT2D eigenvalue weighted by atomic mass is 16.1. The minimum atomic E-state index is -0.134. The third-order valence-electron chi connectivity index (χ3n) is 3.03. The second-order valence-corrected chi connectivity index (χ2v) is 4.56. The van der Waals surface area contributed by atoms with Crippen molar-refractivity contribution in [2.75, 3.05) is 12.3 Å². The lowest BCUT2D eigenvalue weighted by atomic mass is 10.1. The molecule has 0 fully saturated rings. The SMILES string of the molecule is Cc1cccc(C(=O)NCCc2cnn(C)c2)c1N. The fourth-order valence-corrected chi connectivity index (χ4v) is 1.90.